The number of aromatic nitrogens is 1. The number of methoxy groups -OCH3 is 5. The predicted molar refractivity (Wildman–Crippen MR) is 198 cm³/mol. The van der Waals surface area contributed by atoms with E-state index in [1.54, 1.807) is 35.5 Å². The van der Waals surface area contributed by atoms with Crippen molar-refractivity contribution in [3.05, 3.63) is 54.6 Å². The van der Waals surface area contributed by atoms with Gasteiger partial charge in [0.2, 0.25) is 5.89 Å². The Kier molecular flexibility index (Phi) is 9.34. The van der Waals surface area contributed by atoms with Crippen LogP contribution in [-0.4, -0.2) is 58.3 Å². The first-order valence-electron chi connectivity index (χ1n) is 16.4. The average Bonchev–Trinajstić information content (AvgIpc) is 3.57. The van der Waals surface area contributed by atoms with Crippen LogP contribution in [0.15, 0.2) is 59.0 Å². The molecule has 6 rings (SSSR count). The van der Waals surface area contributed by atoms with Crippen molar-refractivity contribution in [3.63, 3.8) is 0 Å². The Labute approximate surface area is 292 Å². The zero-order valence-electron chi connectivity index (χ0n) is 30.1. The SMILES string of the molecule is C#CCCC(C)(C)OCC(C)(C)Oc1ccc(-c2nc3c(o2)c(OC)cc2c4cc(OC)c(OC)cc4c4cc(OC)c(OC)cc4c23)cc1. The van der Waals surface area contributed by atoms with Crippen molar-refractivity contribution in [2.24, 2.45) is 0 Å². The molecular formula is C41H43NO8. The molecule has 0 aliphatic carbocycles. The van der Waals surface area contributed by atoms with E-state index < -0.39 is 5.60 Å². The van der Waals surface area contributed by atoms with Gasteiger partial charge >= 0.3 is 0 Å². The van der Waals surface area contributed by atoms with Crippen molar-refractivity contribution >= 4 is 43.4 Å². The number of benzene rings is 5. The molecule has 0 atom stereocenters. The fourth-order valence-corrected chi connectivity index (χ4v) is 6.28. The van der Waals surface area contributed by atoms with Crippen LogP contribution in [0.25, 0.3) is 54.9 Å². The second-order valence-corrected chi connectivity index (χ2v) is 13.3. The number of terminal acetylenes is 1. The summed E-state index contributed by atoms with van der Waals surface area (Å²) in [6.45, 7) is 8.49. The zero-order chi connectivity index (χ0) is 35.8. The molecule has 0 fully saturated rings. The van der Waals surface area contributed by atoms with Crippen molar-refractivity contribution in [1.29, 1.82) is 0 Å². The highest BCUT2D eigenvalue weighted by Crippen LogP contribution is 2.48. The summed E-state index contributed by atoms with van der Waals surface area (Å²) < 4.78 is 47.7. The highest BCUT2D eigenvalue weighted by Gasteiger charge is 2.27. The summed E-state index contributed by atoms with van der Waals surface area (Å²) in [7, 11) is 8.11. The summed E-state index contributed by atoms with van der Waals surface area (Å²) in [5.74, 6) is 6.78. The number of rotatable bonds is 13. The minimum atomic E-state index is -0.570. The molecule has 0 amide bonds. The van der Waals surface area contributed by atoms with Crippen LogP contribution in [-0.2, 0) is 4.74 Å². The molecular weight excluding hydrogens is 634 g/mol. The van der Waals surface area contributed by atoms with Crippen molar-refractivity contribution in [2.75, 3.05) is 42.2 Å². The van der Waals surface area contributed by atoms with E-state index in [0.29, 0.717) is 64.5 Å². The van der Waals surface area contributed by atoms with Gasteiger partial charge in [0, 0.05) is 17.4 Å². The molecule has 5 aromatic carbocycles. The molecule has 0 saturated heterocycles. The number of ether oxygens (including phenoxy) is 7. The Morgan fingerprint density at radius 2 is 1.14 bits per heavy atom. The third-order valence-electron chi connectivity index (χ3n) is 8.93. The van der Waals surface area contributed by atoms with E-state index in [2.05, 4.69) is 5.92 Å². The van der Waals surface area contributed by atoms with Crippen LogP contribution in [0.2, 0.25) is 0 Å². The monoisotopic (exact) mass is 677 g/mol. The number of hydrogen-bond acceptors (Lipinski definition) is 9. The third-order valence-corrected chi connectivity index (χ3v) is 8.93. The lowest BCUT2D eigenvalue weighted by Gasteiger charge is -2.32. The predicted octanol–water partition coefficient (Wildman–Crippen LogP) is 9.36. The van der Waals surface area contributed by atoms with E-state index in [9.17, 15) is 0 Å². The van der Waals surface area contributed by atoms with Crippen molar-refractivity contribution in [1.82, 2.24) is 4.98 Å². The van der Waals surface area contributed by atoms with Crippen molar-refractivity contribution in [3.8, 4) is 58.3 Å². The van der Waals surface area contributed by atoms with Crippen LogP contribution in [0.4, 0.5) is 0 Å². The Hall–Kier alpha value is -5.33. The molecule has 6 aromatic rings. The Morgan fingerprint density at radius 1 is 0.660 bits per heavy atom. The summed E-state index contributed by atoms with van der Waals surface area (Å²) in [5, 5.41) is 5.47. The van der Waals surface area contributed by atoms with Crippen LogP contribution in [0, 0.1) is 12.3 Å². The van der Waals surface area contributed by atoms with Gasteiger partial charge in [-0.3, -0.25) is 0 Å². The van der Waals surface area contributed by atoms with Crippen LogP contribution in [0.5, 0.6) is 34.5 Å². The normalized spacial score (nSPS) is 12.0. The molecule has 1 aromatic heterocycles. The van der Waals surface area contributed by atoms with E-state index in [4.69, 9.17) is 49.0 Å². The van der Waals surface area contributed by atoms with Gasteiger partial charge in [-0.15, -0.1) is 12.3 Å². The van der Waals surface area contributed by atoms with E-state index in [1.807, 2.05) is 82.3 Å². The fraction of sp³-hybridized carbons (Fsp3) is 0.341. The van der Waals surface area contributed by atoms with Crippen molar-refractivity contribution < 1.29 is 37.6 Å². The Morgan fingerprint density at radius 3 is 1.64 bits per heavy atom. The lowest BCUT2D eigenvalue weighted by Crippen LogP contribution is -2.38. The lowest BCUT2D eigenvalue weighted by atomic mass is 9.92. The molecule has 260 valence electrons. The maximum Gasteiger partial charge on any atom is 0.227 e. The summed E-state index contributed by atoms with van der Waals surface area (Å²) in [6, 6.07) is 17.6. The molecule has 9 heteroatoms. The molecule has 50 heavy (non-hydrogen) atoms. The number of hydrogen-bond donors (Lipinski definition) is 0. The van der Waals surface area contributed by atoms with Gasteiger partial charge in [0.05, 0.1) is 47.8 Å². The van der Waals surface area contributed by atoms with Gasteiger partial charge in [-0.05, 0) is 116 Å². The van der Waals surface area contributed by atoms with Gasteiger partial charge in [0.15, 0.2) is 34.3 Å². The second-order valence-electron chi connectivity index (χ2n) is 13.3. The van der Waals surface area contributed by atoms with Gasteiger partial charge in [-0.1, -0.05) is 0 Å². The van der Waals surface area contributed by atoms with Crippen molar-refractivity contribution in [2.45, 2.75) is 51.7 Å². The summed E-state index contributed by atoms with van der Waals surface area (Å²) >= 11 is 0. The maximum atomic E-state index is 6.47. The molecule has 9 nitrogen and oxygen atoms in total. The van der Waals surface area contributed by atoms with Gasteiger partial charge in [0.25, 0.3) is 0 Å². The zero-order valence-corrected chi connectivity index (χ0v) is 30.1. The van der Waals surface area contributed by atoms with Crippen LogP contribution in [0.3, 0.4) is 0 Å². The Balaban J connectivity index is 1.48. The standard InChI is InChI=1S/C41H43NO8/c1-11-12-17-40(2,3)48-23-41(4,5)50-25-15-13-24(14-16-25)39-42-37-36-29-21-34(46-9)33(45-8)19-27(29)26-18-31(43-6)32(44-7)20-28(26)30(36)22-35(47-10)38(37)49-39/h1,13-16,18-22H,12,17,23H2,2-10H3. The fourth-order valence-electron chi connectivity index (χ4n) is 6.28. The minimum absolute atomic E-state index is 0.344. The van der Waals surface area contributed by atoms with E-state index in [0.717, 1.165) is 44.3 Å². The number of fused-ring (bicyclic) bond motifs is 8. The maximum absolute atomic E-state index is 6.47. The first kappa shape index (κ1) is 34.5. The van der Waals surface area contributed by atoms with Crippen LogP contribution >= 0.6 is 0 Å². The highest BCUT2D eigenvalue weighted by atomic mass is 16.6. The molecule has 1 heterocycles. The van der Waals surface area contributed by atoms with Gasteiger partial charge in [0.1, 0.15) is 16.9 Å². The molecule has 0 spiro atoms. The third kappa shape index (κ3) is 6.39. The molecule has 0 aliphatic heterocycles. The average molecular weight is 678 g/mol. The largest absolute Gasteiger partial charge is 0.493 e. The summed E-state index contributed by atoms with van der Waals surface area (Å²) in [5.41, 5.74) is 1.04. The topological polar surface area (TPSA) is 90.6 Å². The quantitative estimate of drug-likeness (QED) is 0.0876. The van der Waals surface area contributed by atoms with Gasteiger partial charge in [-0.25, -0.2) is 4.98 Å². The number of nitrogens with zero attached hydrogens (tertiary/aromatic N) is 1. The molecule has 0 bridgehead atoms. The molecule has 0 radical (unpaired) electrons. The molecule has 0 aliphatic rings. The van der Waals surface area contributed by atoms with E-state index >= 15 is 0 Å². The molecule has 0 unspecified atom stereocenters. The smallest absolute Gasteiger partial charge is 0.227 e. The van der Waals surface area contributed by atoms with E-state index in [1.165, 1.54) is 0 Å². The van der Waals surface area contributed by atoms with Gasteiger partial charge in [-0.2, -0.15) is 0 Å². The first-order valence-corrected chi connectivity index (χ1v) is 16.4. The number of oxazole rings is 1. The van der Waals surface area contributed by atoms with E-state index in [-0.39, 0.29) is 5.60 Å². The second kappa shape index (κ2) is 13.5. The highest BCUT2D eigenvalue weighted by molar-refractivity contribution is 6.32. The molecule has 0 N–H and O–H groups in total. The summed E-state index contributed by atoms with van der Waals surface area (Å²) in [6.07, 6.45) is 6.88. The molecule has 0 saturated carbocycles. The minimum Gasteiger partial charge on any atom is -0.493 e. The lowest BCUT2D eigenvalue weighted by molar-refractivity contribution is -0.0838. The van der Waals surface area contributed by atoms with Crippen LogP contribution < -0.4 is 28.4 Å². The summed E-state index contributed by atoms with van der Waals surface area (Å²) in [4.78, 5) is 5.09. The van der Waals surface area contributed by atoms with Crippen LogP contribution in [0.1, 0.15) is 40.5 Å². The van der Waals surface area contributed by atoms with Gasteiger partial charge < -0.3 is 37.6 Å². The first-order chi connectivity index (χ1) is 24.0. The Bertz CT molecular complexity index is 2200.